The molecule has 2 N–H and O–H groups in total. The van der Waals surface area contributed by atoms with Crippen LogP contribution in [0.2, 0.25) is 10.0 Å². The Morgan fingerprint density at radius 2 is 1.61 bits per heavy atom. The highest BCUT2D eigenvalue weighted by Crippen LogP contribution is 2.23. The molecule has 0 radical (unpaired) electrons. The smallest absolute Gasteiger partial charge is 0.276 e. The zero-order chi connectivity index (χ0) is 21.8. The molecule has 0 unspecified atom stereocenters. The third-order valence-electron chi connectivity index (χ3n) is 4.86. The summed E-state index contributed by atoms with van der Waals surface area (Å²) in [6.45, 7) is 1.69. The molecular weight excluding hydrogens is 437 g/mol. The second-order valence-corrected chi connectivity index (χ2v) is 7.87. The van der Waals surface area contributed by atoms with Crippen molar-refractivity contribution in [1.82, 2.24) is 9.97 Å². The fraction of sp³-hybridized carbons (Fsp3) is 0.182. The van der Waals surface area contributed by atoms with Crippen LogP contribution in [0, 0.1) is 0 Å². The van der Waals surface area contributed by atoms with E-state index >= 15 is 0 Å². The lowest BCUT2D eigenvalue weighted by molar-refractivity contribution is 0.102. The van der Waals surface area contributed by atoms with E-state index in [9.17, 15) is 9.59 Å². The van der Waals surface area contributed by atoms with Gasteiger partial charge in [-0.05, 0) is 49.2 Å². The second-order valence-electron chi connectivity index (χ2n) is 7.02. The van der Waals surface area contributed by atoms with Crippen molar-refractivity contribution in [1.29, 1.82) is 0 Å². The van der Waals surface area contributed by atoms with E-state index in [4.69, 9.17) is 23.2 Å². The minimum absolute atomic E-state index is 0.0616. The maximum absolute atomic E-state index is 12.9. The molecule has 31 heavy (non-hydrogen) atoms. The van der Waals surface area contributed by atoms with Crippen LogP contribution >= 0.6 is 23.2 Å². The van der Waals surface area contributed by atoms with Crippen molar-refractivity contribution in [2.24, 2.45) is 0 Å². The molecule has 4 rings (SSSR count). The molecule has 1 aromatic heterocycles. The molecule has 2 amide bonds. The van der Waals surface area contributed by atoms with E-state index in [1.54, 1.807) is 48.5 Å². The van der Waals surface area contributed by atoms with E-state index in [0.29, 0.717) is 27.9 Å². The first kappa shape index (κ1) is 21.1. The van der Waals surface area contributed by atoms with Gasteiger partial charge in [0.05, 0.1) is 22.5 Å². The minimum atomic E-state index is -0.514. The van der Waals surface area contributed by atoms with Crippen LogP contribution in [0.5, 0.6) is 0 Å². The highest BCUT2D eigenvalue weighted by Gasteiger charge is 2.21. The van der Waals surface area contributed by atoms with Gasteiger partial charge in [-0.15, -0.1) is 0 Å². The van der Waals surface area contributed by atoms with Crippen molar-refractivity contribution in [3.63, 3.8) is 0 Å². The van der Waals surface area contributed by atoms with Gasteiger partial charge in [0.1, 0.15) is 0 Å². The average Bonchev–Trinajstić information content (AvgIpc) is 3.31. The number of nitrogens with one attached hydrogen (secondary N) is 2. The van der Waals surface area contributed by atoms with Crippen LogP contribution in [0.25, 0.3) is 0 Å². The maximum atomic E-state index is 12.9. The topological polar surface area (TPSA) is 87.2 Å². The molecule has 1 saturated heterocycles. The molecule has 0 spiro atoms. The molecule has 0 aliphatic carbocycles. The first-order valence-electron chi connectivity index (χ1n) is 9.76. The van der Waals surface area contributed by atoms with E-state index in [1.165, 1.54) is 6.20 Å². The van der Waals surface area contributed by atoms with E-state index in [1.807, 2.05) is 4.90 Å². The molecular formula is C22H19Cl2N5O2. The van der Waals surface area contributed by atoms with Crippen molar-refractivity contribution >= 4 is 52.3 Å². The monoisotopic (exact) mass is 455 g/mol. The third kappa shape index (κ3) is 4.95. The Bertz CT molecular complexity index is 1120. The summed E-state index contributed by atoms with van der Waals surface area (Å²) in [6, 6.07) is 13.5. The van der Waals surface area contributed by atoms with Gasteiger partial charge in [-0.1, -0.05) is 35.3 Å². The van der Waals surface area contributed by atoms with Crippen molar-refractivity contribution in [2.45, 2.75) is 12.8 Å². The predicted molar refractivity (Wildman–Crippen MR) is 122 cm³/mol. The quantitative estimate of drug-likeness (QED) is 0.571. The molecule has 9 heteroatoms. The van der Waals surface area contributed by atoms with Gasteiger partial charge in [0.2, 0.25) is 5.95 Å². The number of anilines is 3. The number of carbonyl (C=O) groups excluding carboxylic acids is 2. The summed E-state index contributed by atoms with van der Waals surface area (Å²) in [4.78, 5) is 36.3. The number of para-hydroxylation sites is 1. The normalized spacial score (nSPS) is 13.2. The van der Waals surface area contributed by atoms with E-state index in [2.05, 4.69) is 20.6 Å². The molecule has 1 fully saturated rings. The molecule has 7 nitrogen and oxygen atoms in total. The zero-order valence-corrected chi connectivity index (χ0v) is 18.0. The number of carbonyl (C=O) groups is 2. The molecule has 2 heterocycles. The van der Waals surface area contributed by atoms with Crippen LogP contribution in [-0.2, 0) is 0 Å². The van der Waals surface area contributed by atoms with E-state index in [-0.39, 0.29) is 16.6 Å². The van der Waals surface area contributed by atoms with Gasteiger partial charge < -0.3 is 15.5 Å². The van der Waals surface area contributed by atoms with Crippen LogP contribution in [0.4, 0.5) is 17.3 Å². The van der Waals surface area contributed by atoms with Crippen molar-refractivity contribution in [2.75, 3.05) is 28.6 Å². The minimum Gasteiger partial charge on any atom is -0.341 e. The molecule has 0 bridgehead atoms. The fourth-order valence-corrected chi connectivity index (χ4v) is 3.59. The lowest BCUT2D eigenvalue weighted by atomic mass is 10.1. The molecule has 1 aliphatic heterocycles. The van der Waals surface area contributed by atoms with Crippen molar-refractivity contribution in [3.8, 4) is 0 Å². The average molecular weight is 456 g/mol. The Kier molecular flexibility index (Phi) is 6.34. The molecule has 1 aliphatic rings. The van der Waals surface area contributed by atoms with Gasteiger partial charge in [-0.2, -0.15) is 0 Å². The lowest BCUT2D eigenvalue weighted by Gasteiger charge is -2.16. The van der Waals surface area contributed by atoms with Gasteiger partial charge >= 0.3 is 0 Å². The van der Waals surface area contributed by atoms with Crippen molar-refractivity contribution in [3.05, 3.63) is 76.0 Å². The number of hydrogen-bond acceptors (Lipinski definition) is 5. The Morgan fingerprint density at radius 1 is 0.903 bits per heavy atom. The summed E-state index contributed by atoms with van der Waals surface area (Å²) in [6.07, 6.45) is 3.55. The summed E-state index contributed by atoms with van der Waals surface area (Å²) < 4.78 is 0. The van der Waals surface area contributed by atoms with Crippen LogP contribution in [-0.4, -0.2) is 34.9 Å². The number of halogens is 2. The molecule has 3 aromatic rings. The first-order valence-corrected chi connectivity index (χ1v) is 10.5. The molecule has 0 saturated carbocycles. The SMILES string of the molecule is O=C(Nc1ccc(Cl)cc1)c1ccccc1NC(=O)c1nc(N2CCCC2)ncc1Cl. The van der Waals surface area contributed by atoms with Crippen LogP contribution < -0.4 is 15.5 Å². The van der Waals surface area contributed by atoms with Gasteiger partial charge in [0.15, 0.2) is 5.69 Å². The Balaban J connectivity index is 1.54. The van der Waals surface area contributed by atoms with Crippen LogP contribution in [0.3, 0.4) is 0 Å². The highest BCUT2D eigenvalue weighted by atomic mass is 35.5. The van der Waals surface area contributed by atoms with E-state index < -0.39 is 5.91 Å². The summed E-state index contributed by atoms with van der Waals surface area (Å²) >= 11 is 12.1. The van der Waals surface area contributed by atoms with Gasteiger partial charge in [0.25, 0.3) is 11.8 Å². The number of benzene rings is 2. The number of hydrogen-bond donors (Lipinski definition) is 2. The van der Waals surface area contributed by atoms with Crippen LogP contribution in [0.15, 0.2) is 54.7 Å². The number of rotatable bonds is 5. The number of amides is 2. The lowest BCUT2D eigenvalue weighted by Crippen LogP contribution is -2.23. The van der Waals surface area contributed by atoms with Gasteiger partial charge in [-0.25, -0.2) is 9.97 Å². The zero-order valence-electron chi connectivity index (χ0n) is 16.4. The van der Waals surface area contributed by atoms with Gasteiger partial charge in [0, 0.05) is 23.8 Å². The van der Waals surface area contributed by atoms with Gasteiger partial charge in [-0.3, -0.25) is 9.59 Å². The Morgan fingerprint density at radius 3 is 2.35 bits per heavy atom. The van der Waals surface area contributed by atoms with Crippen molar-refractivity contribution < 1.29 is 9.59 Å². The fourth-order valence-electron chi connectivity index (χ4n) is 3.29. The summed E-state index contributed by atoms with van der Waals surface area (Å²) in [7, 11) is 0. The van der Waals surface area contributed by atoms with E-state index in [0.717, 1.165) is 25.9 Å². The molecule has 2 aromatic carbocycles. The molecule has 158 valence electrons. The standard InChI is InChI=1S/C22H19Cl2N5O2/c23-14-7-9-15(10-8-14)26-20(30)16-5-1-2-6-18(16)27-21(31)19-17(24)13-25-22(28-19)29-11-3-4-12-29/h1-2,5-10,13H,3-4,11-12H2,(H,26,30)(H,27,31). The summed E-state index contributed by atoms with van der Waals surface area (Å²) in [5.74, 6) is -0.412. The number of aromatic nitrogens is 2. The third-order valence-corrected chi connectivity index (χ3v) is 5.39. The second kappa shape index (κ2) is 9.32. The Hall–Kier alpha value is -3.16. The maximum Gasteiger partial charge on any atom is 0.276 e. The Labute approximate surface area is 189 Å². The number of nitrogens with zero attached hydrogens (tertiary/aromatic N) is 3. The highest BCUT2D eigenvalue weighted by molar-refractivity contribution is 6.34. The van der Waals surface area contributed by atoms with Crippen LogP contribution in [0.1, 0.15) is 33.7 Å². The largest absolute Gasteiger partial charge is 0.341 e. The summed E-state index contributed by atoms with van der Waals surface area (Å²) in [5.41, 5.74) is 1.29. The predicted octanol–water partition coefficient (Wildman–Crippen LogP) is 4.89. The first-order chi connectivity index (χ1) is 15.0. The summed E-state index contributed by atoms with van der Waals surface area (Å²) in [5, 5.41) is 6.25. The molecule has 0 atom stereocenters.